The number of aliphatic hydroxyl groups excluding tert-OH is 4. The summed E-state index contributed by atoms with van der Waals surface area (Å²) < 4.78 is 24.6. The van der Waals surface area contributed by atoms with Crippen LogP contribution in [0.5, 0.6) is 11.5 Å². The molecule has 1 fully saturated rings. The second kappa shape index (κ2) is 16.9. The summed E-state index contributed by atoms with van der Waals surface area (Å²) in [5.41, 5.74) is 8.16. The maximum Gasteiger partial charge on any atom is 0.186 e. The Kier molecular flexibility index (Phi) is 11.9. The lowest BCUT2D eigenvalue weighted by molar-refractivity contribution is -0.300. The van der Waals surface area contributed by atoms with E-state index in [4.69, 9.17) is 18.9 Å². The van der Waals surface area contributed by atoms with Gasteiger partial charge in [-0.1, -0.05) is 122 Å². The van der Waals surface area contributed by atoms with Gasteiger partial charge in [-0.3, -0.25) is 0 Å². The Labute approximate surface area is 293 Å². The first kappa shape index (κ1) is 35.3. The van der Waals surface area contributed by atoms with Crippen LogP contribution >= 0.6 is 0 Å². The number of benzene rings is 5. The Hall–Kier alpha value is -4.54. The molecule has 5 aromatic rings. The van der Waals surface area contributed by atoms with Crippen molar-refractivity contribution >= 4 is 0 Å². The summed E-state index contributed by atoms with van der Waals surface area (Å²) in [5, 5.41) is 40.3. The molecular weight excluding hydrogens is 632 g/mol. The molecule has 0 spiro atoms. The Morgan fingerprint density at radius 3 is 1.80 bits per heavy atom. The van der Waals surface area contributed by atoms with Gasteiger partial charge >= 0.3 is 0 Å². The van der Waals surface area contributed by atoms with Crippen molar-refractivity contribution in [3.8, 4) is 33.8 Å². The van der Waals surface area contributed by atoms with E-state index in [-0.39, 0.29) is 6.61 Å². The van der Waals surface area contributed by atoms with Gasteiger partial charge in [0.15, 0.2) is 6.29 Å². The average Bonchev–Trinajstić information content (AvgIpc) is 3.17. The zero-order valence-corrected chi connectivity index (χ0v) is 28.1. The zero-order chi connectivity index (χ0) is 34.9. The molecule has 8 heteroatoms. The number of hydrogen-bond acceptors (Lipinski definition) is 8. The molecule has 0 aromatic heterocycles. The van der Waals surface area contributed by atoms with E-state index in [1.54, 1.807) is 0 Å². The van der Waals surface area contributed by atoms with Gasteiger partial charge in [-0.2, -0.15) is 0 Å². The van der Waals surface area contributed by atoms with Crippen molar-refractivity contribution in [3.05, 3.63) is 144 Å². The van der Waals surface area contributed by atoms with Crippen molar-refractivity contribution in [1.29, 1.82) is 0 Å². The van der Waals surface area contributed by atoms with Gasteiger partial charge in [0.2, 0.25) is 0 Å². The van der Waals surface area contributed by atoms with E-state index in [0.29, 0.717) is 31.8 Å². The van der Waals surface area contributed by atoms with Crippen LogP contribution in [0.2, 0.25) is 0 Å². The Bertz CT molecular complexity index is 1800. The van der Waals surface area contributed by atoms with Crippen LogP contribution in [0, 0.1) is 0 Å². The first-order valence-electron chi connectivity index (χ1n) is 17.1. The summed E-state index contributed by atoms with van der Waals surface area (Å²) in [6, 6.07) is 40.7. The molecule has 5 aromatic carbocycles. The molecule has 260 valence electrons. The second-order valence-corrected chi connectivity index (χ2v) is 12.4. The highest BCUT2D eigenvalue weighted by Gasteiger charge is 2.44. The lowest BCUT2D eigenvalue weighted by Gasteiger charge is -2.39. The normalized spacial score (nSPS) is 20.4. The molecular formula is C42H44O8. The molecule has 5 unspecified atom stereocenters. The van der Waals surface area contributed by atoms with Gasteiger partial charge in [0.1, 0.15) is 49.1 Å². The molecule has 0 amide bonds. The van der Waals surface area contributed by atoms with Gasteiger partial charge in [0.25, 0.3) is 0 Å². The van der Waals surface area contributed by atoms with Crippen LogP contribution in [-0.4, -0.2) is 64.3 Å². The molecule has 1 heterocycles. The maximum absolute atomic E-state index is 10.4. The molecule has 0 saturated carbocycles. The molecule has 1 aliphatic heterocycles. The van der Waals surface area contributed by atoms with Crippen LogP contribution in [0.25, 0.3) is 22.3 Å². The van der Waals surface area contributed by atoms with E-state index in [9.17, 15) is 20.4 Å². The van der Waals surface area contributed by atoms with Gasteiger partial charge in [-0.15, -0.1) is 0 Å². The first-order chi connectivity index (χ1) is 24.5. The third kappa shape index (κ3) is 8.25. The minimum Gasteiger partial charge on any atom is -0.488 e. The lowest BCUT2D eigenvalue weighted by atomic mass is 9.87. The molecule has 6 rings (SSSR count). The topological polar surface area (TPSA) is 118 Å². The zero-order valence-electron chi connectivity index (χ0n) is 28.1. The molecule has 1 aliphatic rings. The van der Waals surface area contributed by atoms with Crippen molar-refractivity contribution in [3.63, 3.8) is 0 Å². The van der Waals surface area contributed by atoms with Gasteiger partial charge in [0.05, 0.1) is 13.2 Å². The van der Waals surface area contributed by atoms with Crippen molar-refractivity contribution in [2.45, 2.75) is 63.7 Å². The van der Waals surface area contributed by atoms with Gasteiger partial charge in [0, 0.05) is 22.8 Å². The van der Waals surface area contributed by atoms with Crippen LogP contribution in [0.15, 0.2) is 121 Å². The first-order valence-corrected chi connectivity index (χ1v) is 17.1. The number of ether oxygens (including phenoxy) is 4. The second-order valence-electron chi connectivity index (χ2n) is 12.4. The molecule has 1 saturated heterocycles. The Balaban J connectivity index is 1.36. The minimum atomic E-state index is -1.49. The quantitative estimate of drug-likeness (QED) is 0.112. The van der Waals surface area contributed by atoms with Crippen LogP contribution in [0.3, 0.4) is 0 Å². The summed E-state index contributed by atoms with van der Waals surface area (Å²) in [6.07, 6.45) is -5.41. The summed E-state index contributed by atoms with van der Waals surface area (Å²) in [5.74, 6) is 1.47. The highest BCUT2D eigenvalue weighted by atomic mass is 16.7. The largest absolute Gasteiger partial charge is 0.488 e. The fourth-order valence-electron chi connectivity index (χ4n) is 6.33. The summed E-state index contributed by atoms with van der Waals surface area (Å²) in [6.45, 7) is 2.58. The van der Waals surface area contributed by atoms with Crippen molar-refractivity contribution in [1.82, 2.24) is 0 Å². The van der Waals surface area contributed by atoms with Gasteiger partial charge in [-0.05, 0) is 40.7 Å². The van der Waals surface area contributed by atoms with E-state index < -0.39 is 37.3 Å². The van der Waals surface area contributed by atoms with Crippen LogP contribution < -0.4 is 9.47 Å². The average molecular weight is 677 g/mol. The monoisotopic (exact) mass is 676 g/mol. The number of aliphatic hydroxyl groups is 4. The molecule has 8 nitrogen and oxygen atoms in total. The minimum absolute atomic E-state index is 0.171. The molecule has 50 heavy (non-hydrogen) atoms. The van der Waals surface area contributed by atoms with E-state index in [1.807, 2.05) is 97.1 Å². The highest BCUT2D eigenvalue weighted by molar-refractivity contribution is 5.91. The van der Waals surface area contributed by atoms with Crippen LogP contribution in [0.1, 0.15) is 29.2 Å². The Morgan fingerprint density at radius 1 is 0.600 bits per heavy atom. The summed E-state index contributed by atoms with van der Waals surface area (Å²) >= 11 is 0. The van der Waals surface area contributed by atoms with Gasteiger partial charge in [-0.25, -0.2) is 0 Å². The van der Waals surface area contributed by atoms with E-state index >= 15 is 0 Å². The van der Waals surface area contributed by atoms with Crippen LogP contribution in [-0.2, 0) is 35.5 Å². The highest BCUT2D eigenvalue weighted by Crippen LogP contribution is 2.47. The summed E-state index contributed by atoms with van der Waals surface area (Å²) in [7, 11) is 0. The van der Waals surface area contributed by atoms with Crippen LogP contribution in [0.4, 0.5) is 0 Å². The van der Waals surface area contributed by atoms with Crippen molar-refractivity contribution in [2.75, 3.05) is 13.2 Å². The predicted octanol–water partition coefficient (Wildman–Crippen LogP) is 6.10. The lowest BCUT2D eigenvalue weighted by Crippen LogP contribution is -2.59. The van der Waals surface area contributed by atoms with E-state index in [1.165, 1.54) is 0 Å². The predicted molar refractivity (Wildman–Crippen MR) is 192 cm³/mol. The Morgan fingerprint density at radius 2 is 1.18 bits per heavy atom. The third-order valence-corrected chi connectivity index (χ3v) is 8.99. The molecule has 4 N–H and O–H groups in total. The maximum atomic E-state index is 10.4. The summed E-state index contributed by atoms with van der Waals surface area (Å²) in [4.78, 5) is 0. The van der Waals surface area contributed by atoms with Crippen molar-refractivity contribution in [2.24, 2.45) is 0 Å². The number of rotatable bonds is 14. The fourth-order valence-corrected chi connectivity index (χ4v) is 6.33. The fraction of sp³-hybridized carbons (Fsp3) is 0.286. The molecule has 5 atom stereocenters. The third-order valence-electron chi connectivity index (χ3n) is 8.99. The SMILES string of the molecule is CCc1c(OCc2ccccc2)cc(OCc2ccccc2)c(-c2ccccc2)c1-c1cccc(CCOC2OC(CO)C(O)C(O)C2O)c1. The molecule has 0 bridgehead atoms. The molecule has 0 aliphatic carbocycles. The number of hydrogen-bond donors (Lipinski definition) is 4. The van der Waals surface area contributed by atoms with Crippen molar-refractivity contribution < 1.29 is 39.4 Å². The standard InChI is InChI=1S/C42H44O8/c1-2-33-34(48-26-29-13-6-3-7-14-29)24-35(49-27-30-15-8-4-9-16-30)38(31-18-10-5-11-19-31)37(33)32-20-12-17-28(23-32)21-22-47-42-41(46)40(45)39(44)36(25-43)50-42/h3-20,23-24,36,39-46H,2,21-22,25-27H2,1H3. The van der Waals surface area contributed by atoms with E-state index in [0.717, 1.165) is 50.3 Å². The van der Waals surface area contributed by atoms with Gasteiger partial charge < -0.3 is 39.4 Å². The molecule has 0 radical (unpaired) electrons. The van der Waals surface area contributed by atoms with E-state index in [2.05, 4.69) is 31.2 Å². The smallest absolute Gasteiger partial charge is 0.186 e.